The smallest absolute Gasteiger partial charge is 0.252 e. The summed E-state index contributed by atoms with van der Waals surface area (Å²) in [6, 6.07) is 22.6. The second-order valence-corrected chi connectivity index (χ2v) is 10.2. The molecule has 6 nitrogen and oxygen atoms in total. The van der Waals surface area contributed by atoms with Crippen LogP contribution in [-0.2, 0) is 0 Å². The fourth-order valence-corrected chi connectivity index (χ4v) is 5.29. The number of anilines is 1. The largest absolute Gasteiger partial charge is 0.456 e. The Bertz CT molecular complexity index is 1340. The standard InChI is InChI=1S/C29H31BrN4O2/c1-2-3-27(20-4-6-22(30)7-5-20)34-16-14-33(15-17-34)23-8-10-25(29(31)35)28(19-23)36-24-9-11-26-21(18-24)12-13-32-26/h4-13,18-19,27,32H,2-3,14-17H2,1H3,(H2,31,35). The first-order valence-corrected chi connectivity index (χ1v) is 13.2. The molecule has 4 aromatic rings. The van der Waals surface area contributed by atoms with Gasteiger partial charge in [0.15, 0.2) is 0 Å². The molecule has 1 saturated heterocycles. The van der Waals surface area contributed by atoms with Crippen molar-refractivity contribution in [2.75, 3.05) is 31.1 Å². The molecular weight excluding hydrogens is 516 g/mol. The van der Waals surface area contributed by atoms with Crippen LogP contribution in [-0.4, -0.2) is 42.0 Å². The summed E-state index contributed by atoms with van der Waals surface area (Å²) >= 11 is 3.55. The maximum Gasteiger partial charge on any atom is 0.252 e. The van der Waals surface area contributed by atoms with Crippen molar-refractivity contribution in [3.05, 3.63) is 88.5 Å². The van der Waals surface area contributed by atoms with Gasteiger partial charge in [0.2, 0.25) is 0 Å². The van der Waals surface area contributed by atoms with Gasteiger partial charge in [0.05, 0.1) is 5.56 Å². The van der Waals surface area contributed by atoms with Crippen molar-refractivity contribution in [2.45, 2.75) is 25.8 Å². The van der Waals surface area contributed by atoms with Crippen molar-refractivity contribution >= 4 is 38.4 Å². The van der Waals surface area contributed by atoms with Gasteiger partial charge < -0.3 is 20.4 Å². The van der Waals surface area contributed by atoms with E-state index in [0.29, 0.717) is 23.1 Å². The van der Waals surface area contributed by atoms with Crippen LogP contribution in [0.2, 0.25) is 0 Å². The highest BCUT2D eigenvalue weighted by atomic mass is 79.9. The summed E-state index contributed by atoms with van der Waals surface area (Å²) in [5.74, 6) is 0.653. The molecule has 0 radical (unpaired) electrons. The number of rotatable bonds is 8. The molecule has 7 heteroatoms. The van der Waals surface area contributed by atoms with E-state index in [2.05, 4.69) is 61.9 Å². The average molecular weight is 547 g/mol. The molecule has 186 valence electrons. The monoisotopic (exact) mass is 546 g/mol. The van der Waals surface area contributed by atoms with Gasteiger partial charge in [0.25, 0.3) is 5.91 Å². The number of benzene rings is 3. The van der Waals surface area contributed by atoms with Gasteiger partial charge in [0, 0.05) is 65.5 Å². The van der Waals surface area contributed by atoms with Gasteiger partial charge in [-0.15, -0.1) is 0 Å². The van der Waals surface area contributed by atoms with E-state index in [1.807, 2.05) is 42.6 Å². The lowest BCUT2D eigenvalue weighted by Gasteiger charge is -2.40. The van der Waals surface area contributed by atoms with Crippen molar-refractivity contribution < 1.29 is 9.53 Å². The molecule has 36 heavy (non-hydrogen) atoms. The molecule has 1 amide bonds. The minimum absolute atomic E-state index is 0.379. The number of nitrogens with one attached hydrogen (secondary N) is 1. The number of carbonyl (C=O) groups excluding carboxylic acids is 1. The van der Waals surface area contributed by atoms with E-state index in [9.17, 15) is 4.79 Å². The van der Waals surface area contributed by atoms with Gasteiger partial charge in [-0.05, 0) is 60.5 Å². The summed E-state index contributed by atoms with van der Waals surface area (Å²) in [5.41, 5.74) is 9.49. The predicted molar refractivity (Wildman–Crippen MR) is 149 cm³/mol. The Balaban J connectivity index is 1.33. The topological polar surface area (TPSA) is 74.6 Å². The highest BCUT2D eigenvalue weighted by Crippen LogP contribution is 2.33. The van der Waals surface area contributed by atoms with E-state index in [0.717, 1.165) is 60.1 Å². The Morgan fingerprint density at radius 2 is 1.81 bits per heavy atom. The van der Waals surface area contributed by atoms with Gasteiger partial charge >= 0.3 is 0 Å². The number of nitrogens with zero attached hydrogens (tertiary/aromatic N) is 2. The molecule has 0 saturated carbocycles. The third kappa shape index (κ3) is 5.27. The Kier molecular flexibility index (Phi) is 7.30. The third-order valence-electron chi connectivity index (χ3n) is 6.92. The molecule has 2 heterocycles. The fourth-order valence-electron chi connectivity index (χ4n) is 5.03. The summed E-state index contributed by atoms with van der Waals surface area (Å²) in [4.78, 5) is 20.2. The molecule has 1 aliphatic heterocycles. The number of carbonyl (C=O) groups is 1. The number of aromatic amines is 1. The first-order valence-electron chi connectivity index (χ1n) is 12.4. The highest BCUT2D eigenvalue weighted by molar-refractivity contribution is 9.10. The molecule has 1 atom stereocenters. The average Bonchev–Trinajstić information content (AvgIpc) is 3.36. The third-order valence-corrected chi connectivity index (χ3v) is 7.45. The molecular formula is C29H31BrN4O2. The zero-order chi connectivity index (χ0) is 25.1. The minimum atomic E-state index is -0.499. The van der Waals surface area contributed by atoms with Crippen molar-refractivity contribution in [2.24, 2.45) is 5.73 Å². The number of fused-ring (bicyclic) bond motifs is 1. The molecule has 0 spiro atoms. The maximum atomic E-state index is 12.1. The second-order valence-electron chi connectivity index (χ2n) is 9.25. The normalized spacial score (nSPS) is 15.2. The van der Waals surface area contributed by atoms with Crippen molar-refractivity contribution in [1.82, 2.24) is 9.88 Å². The maximum absolute atomic E-state index is 12.1. The van der Waals surface area contributed by atoms with Crippen LogP contribution in [0.25, 0.3) is 10.9 Å². The van der Waals surface area contributed by atoms with Gasteiger partial charge in [-0.25, -0.2) is 0 Å². The Morgan fingerprint density at radius 3 is 2.53 bits per heavy atom. The predicted octanol–water partition coefficient (Wildman–Crippen LogP) is 6.49. The highest BCUT2D eigenvalue weighted by Gasteiger charge is 2.25. The summed E-state index contributed by atoms with van der Waals surface area (Å²) in [5, 5.41) is 1.05. The van der Waals surface area contributed by atoms with Crippen LogP contribution in [0.4, 0.5) is 5.69 Å². The van der Waals surface area contributed by atoms with Crippen LogP contribution in [0.3, 0.4) is 0 Å². The molecule has 3 N–H and O–H groups in total. The number of hydrogen-bond donors (Lipinski definition) is 2. The lowest BCUT2D eigenvalue weighted by Crippen LogP contribution is -2.47. The van der Waals surface area contributed by atoms with Crippen LogP contribution in [0.1, 0.15) is 41.7 Å². The Hall–Kier alpha value is -3.29. The number of primary amides is 1. The number of hydrogen-bond acceptors (Lipinski definition) is 4. The number of amides is 1. The number of H-pyrrole nitrogens is 1. The summed E-state index contributed by atoms with van der Waals surface area (Å²) < 4.78 is 7.29. The van der Waals surface area contributed by atoms with E-state index >= 15 is 0 Å². The quantitative estimate of drug-likeness (QED) is 0.265. The lowest BCUT2D eigenvalue weighted by molar-refractivity contribution is 0.0998. The van der Waals surface area contributed by atoms with E-state index in [-0.39, 0.29) is 0 Å². The van der Waals surface area contributed by atoms with Gasteiger partial charge in [-0.2, -0.15) is 0 Å². The molecule has 0 aliphatic carbocycles. The summed E-state index contributed by atoms with van der Waals surface area (Å²) in [6.07, 6.45) is 4.18. The zero-order valence-corrected chi connectivity index (χ0v) is 22.0. The van der Waals surface area contributed by atoms with E-state index < -0.39 is 5.91 Å². The van der Waals surface area contributed by atoms with Crippen LogP contribution in [0.15, 0.2) is 77.4 Å². The van der Waals surface area contributed by atoms with E-state index in [1.165, 1.54) is 5.56 Å². The second kappa shape index (κ2) is 10.8. The summed E-state index contributed by atoms with van der Waals surface area (Å²) in [7, 11) is 0. The van der Waals surface area contributed by atoms with Crippen LogP contribution in [0, 0.1) is 0 Å². The molecule has 1 aliphatic rings. The number of nitrogens with two attached hydrogens (primary N) is 1. The molecule has 5 rings (SSSR count). The molecule has 1 fully saturated rings. The molecule has 3 aromatic carbocycles. The Morgan fingerprint density at radius 1 is 1.03 bits per heavy atom. The number of aromatic nitrogens is 1. The van der Waals surface area contributed by atoms with Gasteiger partial charge in [-0.3, -0.25) is 9.69 Å². The first kappa shape index (κ1) is 24.4. The SMILES string of the molecule is CCCC(c1ccc(Br)cc1)N1CCN(c2ccc(C(N)=O)c(Oc3ccc4[nH]ccc4c3)c2)CC1. The van der Waals surface area contributed by atoms with E-state index in [4.69, 9.17) is 10.5 Å². The molecule has 1 aromatic heterocycles. The number of halogens is 1. The lowest BCUT2D eigenvalue weighted by atomic mass is 9.99. The van der Waals surface area contributed by atoms with Gasteiger partial charge in [0.1, 0.15) is 11.5 Å². The van der Waals surface area contributed by atoms with Gasteiger partial charge in [-0.1, -0.05) is 41.4 Å². The van der Waals surface area contributed by atoms with Crippen LogP contribution >= 0.6 is 15.9 Å². The fraction of sp³-hybridized carbons (Fsp3) is 0.276. The van der Waals surface area contributed by atoms with Crippen molar-refractivity contribution in [1.29, 1.82) is 0 Å². The summed E-state index contributed by atoms with van der Waals surface area (Å²) in [6.45, 7) is 6.00. The Labute approximate surface area is 220 Å². The number of piperazine rings is 1. The van der Waals surface area contributed by atoms with Crippen molar-refractivity contribution in [3.63, 3.8) is 0 Å². The molecule has 1 unspecified atom stereocenters. The number of ether oxygens (including phenoxy) is 1. The minimum Gasteiger partial charge on any atom is -0.456 e. The van der Waals surface area contributed by atoms with Crippen LogP contribution in [0.5, 0.6) is 11.5 Å². The van der Waals surface area contributed by atoms with E-state index in [1.54, 1.807) is 6.07 Å². The van der Waals surface area contributed by atoms with Crippen molar-refractivity contribution in [3.8, 4) is 11.5 Å². The zero-order valence-electron chi connectivity index (χ0n) is 20.4. The van der Waals surface area contributed by atoms with Crippen LogP contribution < -0.4 is 15.4 Å². The molecule has 0 bridgehead atoms. The first-order chi connectivity index (χ1) is 17.5.